The van der Waals surface area contributed by atoms with Crippen molar-refractivity contribution in [2.45, 2.75) is 6.42 Å². The van der Waals surface area contributed by atoms with Crippen LogP contribution in [0.5, 0.6) is 0 Å². The van der Waals surface area contributed by atoms with Crippen LogP contribution in [0, 0.1) is 0 Å². The van der Waals surface area contributed by atoms with Gasteiger partial charge in [0.05, 0.1) is 0 Å². The second-order valence-corrected chi connectivity index (χ2v) is 7.22. The number of piperazine rings is 1. The molecule has 5 nitrogen and oxygen atoms in total. The zero-order valence-corrected chi connectivity index (χ0v) is 13.3. The van der Waals surface area contributed by atoms with E-state index in [0.29, 0.717) is 13.1 Å². The van der Waals surface area contributed by atoms with Crippen molar-refractivity contribution < 1.29 is 8.42 Å². The number of benzene rings is 2. The third kappa shape index (κ3) is 3.47. The van der Waals surface area contributed by atoms with Gasteiger partial charge < -0.3 is 4.90 Å². The zero-order valence-electron chi connectivity index (χ0n) is 12.5. The number of nitrogens with two attached hydrogens (primary N) is 1. The van der Waals surface area contributed by atoms with Crippen molar-refractivity contribution in [3.63, 3.8) is 0 Å². The van der Waals surface area contributed by atoms with Crippen molar-refractivity contribution in [2.75, 3.05) is 32.7 Å². The minimum Gasteiger partial charge on any atom is -0.300 e. The van der Waals surface area contributed by atoms with E-state index in [1.165, 1.54) is 20.6 Å². The topological polar surface area (TPSA) is 66.6 Å². The fourth-order valence-electron chi connectivity index (χ4n) is 3.00. The van der Waals surface area contributed by atoms with Gasteiger partial charge in [-0.15, -0.1) is 0 Å². The maximum Gasteiger partial charge on any atom is 0.276 e. The summed E-state index contributed by atoms with van der Waals surface area (Å²) in [6.07, 6.45) is 0.969. The predicted octanol–water partition coefficient (Wildman–Crippen LogP) is 1.20. The minimum atomic E-state index is -3.54. The highest BCUT2D eigenvalue weighted by Crippen LogP contribution is 2.19. The molecule has 0 aromatic heterocycles. The molecule has 6 heteroatoms. The van der Waals surface area contributed by atoms with E-state index in [1.54, 1.807) is 0 Å². The molecule has 2 N–H and O–H groups in total. The Bertz CT molecular complexity index is 748. The van der Waals surface area contributed by atoms with Crippen molar-refractivity contribution in [1.82, 2.24) is 9.21 Å². The molecule has 1 heterocycles. The monoisotopic (exact) mass is 319 g/mol. The first-order valence-electron chi connectivity index (χ1n) is 7.51. The summed E-state index contributed by atoms with van der Waals surface area (Å²) in [5.74, 6) is 0. The number of hydrogen-bond donors (Lipinski definition) is 1. The molecule has 0 saturated carbocycles. The molecule has 1 aliphatic rings. The maximum absolute atomic E-state index is 11.3. The molecule has 0 aliphatic carbocycles. The quantitative estimate of drug-likeness (QED) is 0.921. The zero-order chi connectivity index (χ0) is 15.6. The highest BCUT2D eigenvalue weighted by molar-refractivity contribution is 7.86. The molecular weight excluding hydrogens is 298 g/mol. The molecule has 0 atom stereocenters. The maximum atomic E-state index is 11.3. The summed E-state index contributed by atoms with van der Waals surface area (Å²) in [4.78, 5) is 2.30. The van der Waals surface area contributed by atoms with Gasteiger partial charge in [-0.2, -0.15) is 12.7 Å². The van der Waals surface area contributed by atoms with E-state index in [-0.39, 0.29) is 0 Å². The van der Waals surface area contributed by atoms with Gasteiger partial charge in [0.2, 0.25) is 0 Å². The number of fused-ring (bicyclic) bond motifs is 1. The van der Waals surface area contributed by atoms with Crippen LogP contribution in [0.3, 0.4) is 0 Å². The van der Waals surface area contributed by atoms with Crippen LogP contribution in [-0.4, -0.2) is 50.3 Å². The van der Waals surface area contributed by atoms with Gasteiger partial charge in [0.15, 0.2) is 0 Å². The van der Waals surface area contributed by atoms with E-state index in [2.05, 4.69) is 47.4 Å². The van der Waals surface area contributed by atoms with Crippen molar-refractivity contribution in [2.24, 2.45) is 5.14 Å². The summed E-state index contributed by atoms with van der Waals surface area (Å²) in [6, 6.07) is 14.8. The van der Waals surface area contributed by atoms with Crippen LogP contribution in [0.25, 0.3) is 10.8 Å². The van der Waals surface area contributed by atoms with E-state index in [0.717, 1.165) is 26.1 Å². The van der Waals surface area contributed by atoms with Crippen molar-refractivity contribution in [3.8, 4) is 0 Å². The van der Waals surface area contributed by atoms with Gasteiger partial charge in [-0.1, -0.05) is 42.5 Å². The van der Waals surface area contributed by atoms with Gasteiger partial charge in [-0.05, 0) is 22.8 Å². The molecular formula is C16H21N3O2S. The molecule has 118 valence electrons. The Hall–Kier alpha value is -1.47. The third-order valence-corrected chi connectivity index (χ3v) is 5.35. The largest absolute Gasteiger partial charge is 0.300 e. The molecule has 1 aliphatic heterocycles. The highest BCUT2D eigenvalue weighted by Gasteiger charge is 2.23. The van der Waals surface area contributed by atoms with Gasteiger partial charge in [-0.3, -0.25) is 0 Å². The van der Waals surface area contributed by atoms with Crippen LogP contribution in [0.2, 0.25) is 0 Å². The van der Waals surface area contributed by atoms with Crippen LogP contribution < -0.4 is 5.14 Å². The van der Waals surface area contributed by atoms with E-state index >= 15 is 0 Å². The summed E-state index contributed by atoms with van der Waals surface area (Å²) in [5.41, 5.74) is 1.34. The number of hydrogen-bond acceptors (Lipinski definition) is 3. The van der Waals surface area contributed by atoms with Crippen molar-refractivity contribution in [1.29, 1.82) is 0 Å². The molecule has 0 radical (unpaired) electrons. The van der Waals surface area contributed by atoms with Crippen LogP contribution in [0.1, 0.15) is 5.56 Å². The van der Waals surface area contributed by atoms with Gasteiger partial charge in [0, 0.05) is 32.7 Å². The third-order valence-electron chi connectivity index (χ3n) is 4.27. The van der Waals surface area contributed by atoms with Crippen molar-refractivity contribution in [3.05, 3.63) is 48.0 Å². The molecule has 1 saturated heterocycles. The fraction of sp³-hybridized carbons (Fsp3) is 0.375. The number of nitrogens with zero attached hydrogens (tertiary/aromatic N) is 2. The summed E-state index contributed by atoms with van der Waals surface area (Å²) in [5, 5.41) is 7.72. The second-order valence-electron chi connectivity index (χ2n) is 5.67. The van der Waals surface area contributed by atoms with Crippen molar-refractivity contribution >= 4 is 21.0 Å². The normalized spacial score (nSPS) is 17.9. The van der Waals surface area contributed by atoms with E-state index in [1.807, 2.05) is 0 Å². The predicted molar refractivity (Wildman–Crippen MR) is 88.8 cm³/mol. The lowest BCUT2D eigenvalue weighted by Crippen LogP contribution is -2.50. The van der Waals surface area contributed by atoms with E-state index in [4.69, 9.17) is 5.14 Å². The van der Waals surface area contributed by atoms with Crippen LogP contribution >= 0.6 is 0 Å². The smallest absolute Gasteiger partial charge is 0.276 e. The SMILES string of the molecule is NS(=O)(=O)N1CCN(CCc2cccc3ccccc23)CC1. The molecule has 0 spiro atoms. The van der Waals surface area contributed by atoms with E-state index < -0.39 is 10.2 Å². The van der Waals surface area contributed by atoms with Gasteiger partial charge in [-0.25, -0.2) is 5.14 Å². The summed E-state index contributed by atoms with van der Waals surface area (Å²) >= 11 is 0. The Balaban J connectivity index is 1.61. The van der Waals surface area contributed by atoms with Crippen LogP contribution in [0.15, 0.2) is 42.5 Å². The van der Waals surface area contributed by atoms with Gasteiger partial charge in [0.25, 0.3) is 10.2 Å². The lowest BCUT2D eigenvalue weighted by molar-refractivity contribution is 0.190. The lowest BCUT2D eigenvalue weighted by atomic mass is 10.0. The lowest BCUT2D eigenvalue weighted by Gasteiger charge is -2.32. The first kappa shape index (κ1) is 15.4. The van der Waals surface area contributed by atoms with Crippen LogP contribution in [0.4, 0.5) is 0 Å². The molecule has 1 fully saturated rings. The summed E-state index contributed by atoms with van der Waals surface area (Å²) < 4.78 is 24.0. The van der Waals surface area contributed by atoms with Gasteiger partial charge >= 0.3 is 0 Å². The molecule has 0 unspecified atom stereocenters. The second kappa shape index (κ2) is 6.34. The fourth-order valence-corrected chi connectivity index (χ4v) is 3.67. The molecule has 2 aromatic rings. The molecule has 0 bridgehead atoms. The standard InChI is InChI=1S/C16H21N3O2S/c17-22(20,21)19-12-10-18(11-13-19)9-8-15-6-3-5-14-4-1-2-7-16(14)15/h1-7H,8-13H2,(H2,17,20,21). The highest BCUT2D eigenvalue weighted by atomic mass is 32.2. The Labute approximate surface area is 131 Å². The molecule has 2 aromatic carbocycles. The van der Waals surface area contributed by atoms with Crippen LogP contribution in [-0.2, 0) is 16.6 Å². The Kier molecular flexibility index (Phi) is 4.44. The summed E-state index contributed by atoms with van der Waals surface area (Å²) in [7, 11) is -3.54. The van der Waals surface area contributed by atoms with E-state index in [9.17, 15) is 8.42 Å². The minimum absolute atomic E-state index is 0.481. The molecule has 0 amide bonds. The molecule has 3 rings (SSSR count). The van der Waals surface area contributed by atoms with Gasteiger partial charge in [0.1, 0.15) is 0 Å². The average Bonchev–Trinajstić information content (AvgIpc) is 2.52. The first-order chi connectivity index (χ1) is 10.5. The Morgan fingerprint density at radius 1 is 0.955 bits per heavy atom. The Morgan fingerprint density at radius 3 is 2.36 bits per heavy atom. The summed E-state index contributed by atoms with van der Waals surface area (Å²) in [6.45, 7) is 3.37. The number of rotatable bonds is 4. The average molecular weight is 319 g/mol. The first-order valence-corrected chi connectivity index (χ1v) is 9.01. The molecule has 22 heavy (non-hydrogen) atoms. The Morgan fingerprint density at radius 2 is 1.64 bits per heavy atom.